The maximum absolute atomic E-state index is 4.71. The van der Waals surface area contributed by atoms with Crippen LogP contribution in [0.25, 0.3) is 10.2 Å². The minimum atomic E-state index is 0.716. The molecule has 5 heteroatoms. The van der Waals surface area contributed by atoms with Crippen molar-refractivity contribution in [3.05, 3.63) is 11.4 Å². The van der Waals surface area contributed by atoms with Crippen LogP contribution in [-0.4, -0.2) is 30.1 Å². The van der Waals surface area contributed by atoms with E-state index in [1.165, 1.54) is 31.1 Å². The summed E-state index contributed by atoms with van der Waals surface area (Å²) in [7, 11) is 1.88. The van der Waals surface area contributed by atoms with Gasteiger partial charge in [-0.3, -0.25) is 0 Å². The highest BCUT2D eigenvalue weighted by Gasteiger charge is 2.14. The molecule has 2 aromatic heterocycles. The molecule has 0 aliphatic heterocycles. The second kappa shape index (κ2) is 7.43. The number of unbranched alkanes of at least 4 members (excludes halogenated alkanes) is 2. The average Bonchev–Trinajstić information content (AvgIpc) is 2.95. The zero-order chi connectivity index (χ0) is 14.4. The molecule has 0 spiro atoms. The second-order valence-corrected chi connectivity index (χ2v) is 5.85. The van der Waals surface area contributed by atoms with Crippen LogP contribution in [0.3, 0.4) is 0 Å². The predicted octanol–water partition coefficient (Wildman–Crippen LogP) is 4.14. The molecule has 2 rings (SSSR count). The Bertz CT molecular complexity index is 530. The number of nitrogens with zero attached hydrogens (tertiary/aromatic N) is 3. The molecule has 0 amide bonds. The summed E-state index contributed by atoms with van der Waals surface area (Å²) in [5.74, 6) is 1.80. The number of aromatic nitrogens is 2. The maximum Gasteiger partial charge on any atom is 0.225 e. The minimum Gasteiger partial charge on any atom is -0.357 e. The standard InChI is InChI=1S/C15H24N4S/c1-4-6-9-19(10-7-5-2)13-12-8-11-20-14(12)18-15(16-3)17-13/h8,11H,4-7,9-10H2,1-3H3,(H,16,17,18). The van der Waals surface area contributed by atoms with Gasteiger partial charge in [0.15, 0.2) is 0 Å². The van der Waals surface area contributed by atoms with Crippen molar-refractivity contribution in [1.29, 1.82) is 0 Å². The third kappa shape index (κ3) is 3.39. The van der Waals surface area contributed by atoms with Gasteiger partial charge in [0.1, 0.15) is 10.6 Å². The molecule has 0 saturated carbocycles. The van der Waals surface area contributed by atoms with Gasteiger partial charge in [0, 0.05) is 20.1 Å². The Morgan fingerprint density at radius 3 is 2.45 bits per heavy atom. The Morgan fingerprint density at radius 2 is 1.85 bits per heavy atom. The fourth-order valence-corrected chi connectivity index (χ4v) is 2.97. The summed E-state index contributed by atoms with van der Waals surface area (Å²) in [4.78, 5) is 12.7. The van der Waals surface area contributed by atoms with Gasteiger partial charge in [0.25, 0.3) is 0 Å². The van der Waals surface area contributed by atoms with E-state index in [1.54, 1.807) is 11.3 Å². The van der Waals surface area contributed by atoms with Crippen molar-refractivity contribution in [2.24, 2.45) is 0 Å². The van der Waals surface area contributed by atoms with Crippen molar-refractivity contribution in [2.45, 2.75) is 39.5 Å². The molecule has 4 nitrogen and oxygen atoms in total. The molecule has 20 heavy (non-hydrogen) atoms. The van der Waals surface area contributed by atoms with E-state index in [2.05, 4.69) is 40.5 Å². The highest BCUT2D eigenvalue weighted by molar-refractivity contribution is 7.16. The van der Waals surface area contributed by atoms with Crippen LogP contribution in [0, 0.1) is 0 Å². The Balaban J connectivity index is 2.36. The third-order valence-corrected chi connectivity index (χ3v) is 4.20. The first kappa shape index (κ1) is 15.0. The fourth-order valence-electron chi connectivity index (χ4n) is 2.21. The molecule has 0 aliphatic rings. The normalized spacial score (nSPS) is 10.9. The second-order valence-electron chi connectivity index (χ2n) is 4.95. The van der Waals surface area contributed by atoms with Gasteiger partial charge < -0.3 is 10.2 Å². The molecule has 0 unspecified atom stereocenters. The van der Waals surface area contributed by atoms with Crippen molar-refractivity contribution < 1.29 is 0 Å². The molecule has 0 aromatic carbocycles. The highest BCUT2D eigenvalue weighted by atomic mass is 32.1. The van der Waals surface area contributed by atoms with E-state index in [9.17, 15) is 0 Å². The summed E-state index contributed by atoms with van der Waals surface area (Å²) in [6.07, 6.45) is 4.82. The van der Waals surface area contributed by atoms with Crippen molar-refractivity contribution in [1.82, 2.24) is 9.97 Å². The highest BCUT2D eigenvalue weighted by Crippen LogP contribution is 2.29. The van der Waals surface area contributed by atoms with Gasteiger partial charge in [0.2, 0.25) is 5.95 Å². The number of hydrogen-bond donors (Lipinski definition) is 1. The maximum atomic E-state index is 4.71. The minimum absolute atomic E-state index is 0.716. The molecule has 0 saturated heterocycles. The molecule has 0 atom stereocenters. The van der Waals surface area contributed by atoms with Crippen molar-refractivity contribution in [2.75, 3.05) is 30.4 Å². The van der Waals surface area contributed by atoms with E-state index in [1.807, 2.05) is 7.05 Å². The smallest absolute Gasteiger partial charge is 0.225 e. The molecule has 0 aliphatic carbocycles. The molecular weight excluding hydrogens is 268 g/mol. The third-order valence-electron chi connectivity index (χ3n) is 3.39. The zero-order valence-electron chi connectivity index (χ0n) is 12.6. The van der Waals surface area contributed by atoms with E-state index >= 15 is 0 Å². The van der Waals surface area contributed by atoms with Gasteiger partial charge in [-0.15, -0.1) is 11.3 Å². The topological polar surface area (TPSA) is 41.1 Å². The number of nitrogens with one attached hydrogen (secondary N) is 1. The number of fused-ring (bicyclic) bond motifs is 1. The SMILES string of the molecule is CCCCN(CCCC)c1nc(NC)nc2sccc12. The van der Waals surface area contributed by atoms with Gasteiger partial charge in [-0.1, -0.05) is 26.7 Å². The Kier molecular flexibility index (Phi) is 5.59. The van der Waals surface area contributed by atoms with E-state index in [-0.39, 0.29) is 0 Å². The van der Waals surface area contributed by atoms with Crippen LogP contribution >= 0.6 is 11.3 Å². The van der Waals surface area contributed by atoms with Crippen LogP contribution in [0.4, 0.5) is 11.8 Å². The molecule has 0 fully saturated rings. The summed E-state index contributed by atoms with van der Waals surface area (Å²) >= 11 is 1.68. The van der Waals surface area contributed by atoms with Gasteiger partial charge in [-0.25, -0.2) is 4.98 Å². The van der Waals surface area contributed by atoms with E-state index < -0.39 is 0 Å². The Labute approximate surface area is 125 Å². The first-order valence-corrected chi connectivity index (χ1v) is 8.36. The van der Waals surface area contributed by atoms with Gasteiger partial charge in [0.05, 0.1) is 5.39 Å². The number of thiophene rings is 1. The number of hydrogen-bond acceptors (Lipinski definition) is 5. The van der Waals surface area contributed by atoms with Crippen LogP contribution in [0.2, 0.25) is 0 Å². The van der Waals surface area contributed by atoms with Gasteiger partial charge in [-0.05, 0) is 24.3 Å². The average molecular weight is 292 g/mol. The molecule has 1 N–H and O–H groups in total. The summed E-state index contributed by atoms with van der Waals surface area (Å²) in [5.41, 5.74) is 0. The Morgan fingerprint density at radius 1 is 1.15 bits per heavy atom. The number of rotatable bonds is 8. The lowest BCUT2D eigenvalue weighted by Gasteiger charge is -2.24. The predicted molar refractivity (Wildman–Crippen MR) is 89.0 cm³/mol. The molecule has 110 valence electrons. The first-order chi connectivity index (χ1) is 9.80. The largest absolute Gasteiger partial charge is 0.357 e. The van der Waals surface area contributed by atoms with Crippen molar-refractivity contribution in [3.8, 4) is 0 Å². The molecule has 0 radical (unpaired) electrons. The van der Waals surface area contributed by atoms with E-state index in [4.69, 9.17) is 4.98 Å². The number of anilines is 2. The van der Waals surface area contributed by atoms with Crippen LogP contribution in [-0.2, 0) is 0 Å². The molecule has 0 bridgehead atoms. The summed E-state index contributed by atoms with van der Waals surface area (Å²) < 4.78 is 0. The van der Waals surface area contributed by atoms with Crippen LogP contribution < -0.4 is 10.2 Å². The molecule has 2 aromatic rings. The van der Waals surface area contributed by atoms with Crippen LogP contribution in [0.5, 0.6) is 0 Å². The fraction of sp³-hybridized carbons (Fsp3) is 0.600. The van der Waals surface area contributed by atoms with Crippen molar-refractivity contribution in [3.63, 3.8) is 0 Å². The monoisotopic (exact) mass is 292 g/mol. The summed E-state index contributed by atoms with van der Waals surface area (Å²) in [6.45, 7) is 6.61. The lowest BCUT2D eigenvalue weighted by Crippen LogP contribution is -2.27. The van der Waals surface area contributed by atoms with Gasteiger partial charge >= 0.3 is 0 Å². The molecule has 2 heterocycles. The van der Waals surface area contributed by atoms with Crippen molar-refractivity contribution >= 4 is 33.3 Å². The quantitative estimate of drug-likeness (QED) is 0.794. The lowest BCUT2D eigenvalue weighted by atomic mass is 10.2. The zero-order valence-corrected chi connectivity index (χ0v) is 13.5. The lowest BCUT2D eigenvalue weighted by molar-refractivity contribution is 0.673. The first-order valence-electron chi connectivity index (χ1n) is 7.48. The summed E-state index contributed by atoms with van der Waals surface area (Å²) in [5, 5.41) is 6.35. The van der Waals surface area contributed by atoms with Crippen LogP contribution in [0.15, 0.2) is 11.4 Å². The van der Waals surface area contributed by atoms with Gasteiger partial charge in [-0.2, -0.15) is 4.98 Å². The summed E-state index contributed by atoms with van der Waals surface area (Å²) in [6, 6.07) is 2.14. The molecular formula is C15H24N4S. The van der Waals surface area contributed by atoms with E-state index in [0.29, 0.717) is 5.95 Å². The Hall–Kier alpha value is -1.36. The van der Waals surface area contributed by atoms with Crippen LogP contribution in [0.1, 0.15) is 39.5 Å². The van der Waals surface area contributed by atoms with E-state index in [0.717, 1.165) is 23.7 Å².